The first-order valence-corrected chi connectivity index (χ1v) is 7.14. The number of rotatable bonds is 4. The van der Waals surface area contributed by atoms with Crippen molar-refractivity contribution in [1.29, 1.82) is 0 Å². The molecule has 0 aliphatic heterocycles. The topological polar surface area (TPSA) is 110 Å². The number of amides is 1. The summed E-state index contributed by atoms with van der Waals surface area (Å²) < 4.78 is 4.94. The fourth-order valence-corrected chi connectivity index (χ4v) is 2.92. The second-order valence-corrected chi connectivity index (χ2v) is 5.52. The third-order valence-corrected chi connectivity index (χ3v) is 3.99. The molecule has 122 valence electrons. The first-order chi connectivity index (χ1) is 10.8. The van der Waals surface area contributed by atoms with Gasteiger partial charge in [-0.2, -0.15) is 0 Å². The van der Waals surface area contributed by atoms with Crippen LogP contribution in [0.1, 0.15) is 36.2 Å². The molecule has 2 unspecified atom stereocenters. The van der Waals surface area contributed by atoms with E-state index in [1.54, 1.807) is 38.1 Å². The van der Waals surface area contributed by atoms with Crippen LogP contribution >= 0.6 is 0 Å². The monoisotopic (exact) mass is 319 g/mol. The van der Waals surface area contributed by atoms with E-state index in [0.29, 0.717) is 11.1 Å². The summed E-state index contributed by atoms with van der Waals surface area (Å²) >= 11 is 0. The van der Waals surface area contributed by atoms with Gasteiger partial charge in [0.25, 0.3) is 0 Å². The van der Waals surface area contributed by atoms with Crippen LogP contribution in [0.4, 0.5) is 0 Å². The van der Waals surface area contributed by atoms with E-state index in [4.69, 9.17) is 9.84 Å². The first kappa shape index (κ1) is 16.7. The number of carbonyl (C=O) groups is 4. The summed E-state index contributed by atoms with van der Waals surface area (Å²) in [6.45, 7) is 3.49. The molecule has 1 aromatic carbocycles. The smallest absolute Gasteiger partial charge is 0.394 e. The summed E-state index contributed by atoms with van der Waals surface area (Å²) in [5.74, 6) is -3.91. The Morgan fingerprint density at radius 2 is 1.96 bits per heavy atom. The Labute approximate surface area is 132 Å². The van der Waals surface area contributed by atoms with Crippen LogP contribution in [0.15, 0.2) is 24.3 Å². The molecule has 0 spiro atoms. The molecule has 0 fully saturated rings. The molecule has 1 aliphatic rings. The molecule has 0 aromatic heterocycles. The fourth-order valence-electron chi connectivity index (χ4n) is 2.92. The maximum Gasteiger partial charge on any atom is 0.394 e. The SMILES string of the molecule is CCOC(=O)CC1(C)c2ccccc2C(=O)C1NC(=O)C(=O)O. The molecule has 0 radical (unpaired) electrons. The minimum atomic E-state index is -1.69. The van der Waals surface area contributed by atoms with Gasteiger partial charge in [-0.25, -0.2) is 4.79 Å². The number of carbonyl (C=O) groups excluding carboxylic acids is 3. The second kappa shape index (κ2) is 6.20. The predicted octanol–water partition coefficient (Wildman–Crippen LogP) is 0.663. The molecule has 2 N–H and O–H groups in total. The first-order valence-electron chi connectivity index (χ1n) is 7.14. The van der Waals surface area contributed by atoms with E-state index in [2.05, 4.69) is 5.32 Å². The highest BCUT2D eigenvalue weighted by Crippen LogP contribution is 2.41. The number of carboxylic acids is 1. The van der Waals surface area contributed by atoms with Gasteiger partial charge in [-0.3, -0.25) is 14.4 Å². The number of nitrogens with one attached hydrogen (secondary N) is 1. The number of carboxylic acid groups (broad SMARTS) is 1. The number of hydrogen-bond donors (Lipinski definition) is 2. The van der Waals surface area contributed by atoms with Gasteiger partial charge in [0.05, 0.1) is 13.0 Å². The second-order valence-electron chi connectivity index (χ2n) is 5.52. The van der Waals surface area contributed by atoms with E-state index in [-0.39, 0.29) is 13.0 Å². The quantitative estimate of drug-likeness (QED) is 0.623. The Hall–Kier alpha value is -2.70. The van der Waals surface area contributed by atoms with Crippen LogP contribution in [-0.2, 0) is 24.5 Å². The zero-order chi connectivity index (χ0) is 17.2. The molecule has 0 heterocycles. The lowest BCUT2D eigenvalue weighted by atomic mass is 9.77. The standard InChI is InChI=1S/C16H17NO6/c1-3-23-11(18)8-16(2)10-7-5-4-6-9(10)12(19)13(16)17-14(20)15(21)22/h4-7,13H,3,8H2,1-2H3,(H,17,20)(H,21,22). The number of aliphatic carboxylic acids is 1. The van der Waals surface area contributed by atoms with Gasteiger partial charge in [-0.15, -0.1) is 0 Å². The number of Topliss-reactive ketones (excluding diaryl/α,β-unsaturated/α-hetero) is 1. The van der Waals surface area contributed by atoms with Gasteiger partial charge in [-0.05, 0) is 12.5 Å². The van der Waals surface area contributed by atoms with Crippen molar-refractivity contribution < 1.29 is 29.0 Å². The van der Waals surface area contributed by atoms with E-state index < -0.39 is 35.1 Å². The molecular weight excluding hydrogens is 302 g/mol. The third kappa shape index (κ3) is 2.94. The normalized spacial score (nSPS) is 22.3. The highest BCUT2D eigenvalue weighted by Gasteiger charge is 2.51. The number of ether oxygens (including phenoxy) is 1. The summed E-state index contributed by atoms with van der Waals surface area (Å²) in [6, 6.07) is 5.54. The number of fused-ring (bicyclic) bond motifs is 1. The van der Waals surface area contributed by atoms with Crippen molar-refractivity contribution in [2.75, 3.05) is 6.61 Å². The average molecular weight is 319 g/mol. The largest absolute Gasteiger partial charge is 0.474 e. The zero-order valence-electron chi connectivity index (χ0n) is 12.8. The van der Waals surface area contributed by atoms with Crippen molar-refractivity contribution in [3.63, 3.8) is 0 Å². The number of benzene rings is 1. The van der Waals surface area contributed by atoms with Crippen molar-refractivity contribution >= 4 is 23.6 Å². The molecule has 0 saturated carbocycles. The summed E-state index contributed by atoms with van der Waals surface area (Å²) in [7, 11) is 0. The Balaban J connectivity index is 2.43. The molecule has 2 rings (SSSR count). The lowest BCUT2D eigenvalue weighted by Crippen LogP contribution is -2.52. The predicted molar refractivity (Wildman–Crippen MR) is 78.9 cm³/mol. The average Bonchev–Trinajstić information content (AvgIpc) is 2.70. The molecule has 0 saturated heterocycles. The summed E-state index contributed by atoms with van der Waals surface area (Å²) in [6.07, 6.45) is -0.145. The minimum absolute atomic E-state index is 0.145. The Kier molecular flexibility index (Phi) is 4.49. The van der Waals surface area contributed by atoms with Gasteiger partial charge in [0.15, 0.2) is 5.78 Å². The lowest BCUT2D eigenvalue weighted by Gasteiger charge is -2.30. The van der Waals surface area contributed by atoms with Crippen LogP contribution in [0, 0.1) is 0 Å². The van der Waals surface area contributed by atoms with Gasteiger partial charge in [0, 0.05) is 11.0 Å². The number of hydrogen-bond acceptors (Lipinski definition) is 5. The van der Waals surface area contributed by atoms with Crippen LogP contribution in [-0.4, -0.2) is 41.4 Å². The molecule has 23 heavy (non-hydrogen) atoms. The van der Waals surface area contributed by atoms with Crippen LogP contribution in [0.5, 0.6) is 0 Å². The summed E-state index contributed by atoms with van der Waals surface area (Å²) in [5, 5.41) is 11.0. The fraction of sp³-hybridized carbons (Fsp3) is 0.375. The van der Waals surface area contributed by atoms with Gasteiger partial charge in [-0.1, -0.05) is 31.2 Å². The van der Waals surface area contributed by atoms with Gasteiger partial charge in [0.2, 0.25) is 0 Å². The zero-order valence-corrected chi connectivity index (χ0v) is 12.8. The minimum Gasteiger partial charge on any atom is -0.474 e. The van der Waals surface area contributed by atoms with E-state index in [1.807, 2.05) is 0 Å². The molecule has 1 aliphatic carbocycles. The van der Waals surface area contributed by atoms with E-state index in [9.17, 15) is 19.2 Å². The summed E-state index contributed by atoms with van der Waals surface area (Å²) in [5.41, 5.74) is -0.103. The third-order valence-electron chi connectivity index (χ3n) is 3.99. The van der Waals surface area contributed by atoms with E-state index in [1.165, 1.54) is 0 Å². The Bertz CT molecular complexity index is 683. The number of ketones is 1. The van der Waals surface area contributed by atoms with Crippen molar-refractivity contribution in [3.8, 4) is 0 Å². The van der Waals surface area contributed by atoms with Crippen LogP contribution in [0.2, 0.25) is 0 Å². The van der Waals surface area contributed by atoms with Gasteiger partial charge in [0.1, 0.15) is 6.04 Å². The molecule has 0 bridgehead atoms. The molecule has 7 heteroatoms. The summed E-state index contributed by atoms with van der Waals surface area (Å²) in [4.78, 5) is 46.8. The Morgan fingerprint density at radius 3 is 2.57 bits per heavy atom. The number of esters is 1. The van der Waals surface area contributed by atoms with Crippen LogP contribution < -0.4 is 5.32 Å². The van der Waals surface area contributed by atoms with Gasteiger partial charge < -0.3 is 15.2 Å². The molecule has 7 nitrogen and oxygen atoms in total. The molecular formula is C16H17NO6. The lowest BCUT2D eigenvalue weighted by molar-refractivity contribution is -0.150. The Morgan fingerprint density at radius 1 is 1.30 bits per heavy atom. The highest BCUT2D eigenvalue weighted by molar-refractivity contribution is 6.32. The maximum absolute atomic E-state index is 12.6. The van der Waals surface area contributed by atoms with Crippen molar-refractivity contribution in [1.82, 2.24) is 5.32 Å². The van der Waals surface area contributed by atoms with Crippen LogP contribution in [0.25, 0.3) is 0 Å². The van der Waals surface area contributed by atoms with Crippen molar-refractivity contribution in [2.45, 2.75) is 31.7 Å². The van der Waals surface area contributed by atoms with Crippen molar-refractivity contribution in [3.05, 3.63) is 35.4 Å². The van der Waals surface area contributed by atoms with Crippen LogP contribution in [0.3, 0.4) is 0 Å². The molecule has 1 amide bonds. The molecule has 2 atom stereocenters. The highest BCUT2D eigenvalue weighted by atomic mass is 16.5. The van der Waals surface area contributed by atoms with Crippen molar-refractivity contribution in [2.24, 2.45) is 0 Å². The maximum atomic E-state index is 12.6. The van der Waals surface area contributed by atoms with E-state index in [0.717, 1.165) is 0 Å². The van der Waals surface area contributed by atoms with E-state index >= 15 is 0 Å². The van der Waals surface area contributed by atoms with Gasteiger partial charge >= 0.3 is 17.8 Å². The molecule has 1 aromatic rings.